The lowest BCUT2D eigenvalue weighted by Gasteiger charge is -2.33. The minimum Gasteiger partial charge on any atom is -0.508 e. The number of piperidine rings is 1. The number of nitrogens with zero attached hydrogens (tertiary/aromatic N) is 2. The number of aromatic hydroxyl groups is 1. The van der Waals surface area contributed by atoms with Crippen molar-refractivity contribution in [3.8, 4) is 11.5 Å². The molecule has 2 aromatic rings. The van der Waals surface area contributed by atoms with Gasteiger partial charge in [0.15, 0.2) is 5.96 Å². The fourth-order valence-corrected chi connectivity index (χ4v) is 3.80. The third-order valence-electron chi connectivity index (χ3n) is 5.45. The molecule has 0 unspecified atom stereocenters. The van der Waals surface area contributed by atoms with Gasteiger partial charge >= 0.3 is 0 Å². The van der Waals surface area contributed by atoms with Crippen LogP contribution in [-0.2, 0) is 13.0 Å². The first kappa shape index (κ1) is 22.2. The largest absolute Gasteiger partial charge is 0.508 e. The van der Waals surface area contributed by atoms with Gasteiger partial charge in [-0.2, -0.15) is 0 Å². The van der Waals surface area contributed by atoms with E-state index in [1.54, 1.807) is 20.2 Å². The third-order valence-corrected chi connectivity index (χ3v) is 5.70. The van der Waals surface area contributed by atoms with E-state index < -0.39 is 0 Å². The van der Waals surface area contributed by atoms with Crippen molar-refractivity contribution >= 4 is 17.6 Å². The number of phenols is 1. The second kappa shape index (κ2) is 11.1. The highest BCUT2D eigenvalue weighted by Gasteiger charge is 2.20. The minimum atomic E-state index is 0.257. The number of guanidine groups is 1. The Bertz CT molecular complexity index is 834. The number of hydrogen-bond donors (Lipinski definition) is 3. The second-order valence-electron chi connectivity index (χ2n) is 7.56. The Hall–Kier alpha value is -2.44. The zero-order valence-electron chi connectivity index (χ0n) is 17.7. The van der Waals surface area contributed by atoms with E-state index in [1.165, 1.54) is 5.56 Å². The zero-order chi connectivity index (χ0) is 21.3. The first-order valence-corrected chi connectivity index (χ1v) is 10.7. The Morgan fingerprint density at radius 3 is 2.57 bits per heavy atom. The molecule has 0 bridgehead atoms. The molecule has 0 amide bonds. The molecule has 1 saturated heterocycles. The van der Waals surface area contributed by atoms with E-state index in [9.17, 15) is 5.11 Å². The van der Waals surface area contributed by atoms with Crippen molar-refractivity contribution in [3.63, 3.8) is 0 Å². The molecule has 3 rings (SSSR count). The third kappa shape index (κ3) is 6.54. The molecule has 30 heavy (non-hydrogen) atoms. The van der Waals surface area contributed by atoms with Crippen LogP contribution in [-0.4, -0.2) is 55.8 Å². The van der Waals surface area contributed by atoms with Crippen LogP contribution in [0.4, 0.5) is 0 Å². The maximum atomic E-state index is 10.1. The van der Waals surface area contributed by atoms with Crippen molar-refractivity contribution in [2.75, 3.05) is 33.8 Å². The summed E-state index contributed by atoms with van der Waals surface area (Å²) >= 11 is 5.97. The molecule has 7 heteroatoms. The first-order chi connectivity index (χ1) is 14.6. The summed E-state index contributed by atoms with van der Waals surface area (Å²) in [6, 6.07) is 13.9. The Balaban J connectivity index is 1.39. The van der Waals surface area contributed by atoms with Gasteiger partial charge in [-0.15, -0.1) is 0 Å². The van der Waals surface area contributed by atoms with Crippen LogP contribution in [0.25, 0.3) is 0 Å². The smallest absolute Gasteiger partial charge is 0.191 e. The van der Waals surface area contributed by atoms with E-state index in [-0.39, 0.29) is 5.75 Å². The van der Waals surface area contributed by atoms with Crippen LogP contribution in [0.15, 0.2) is 47.5 Å². The molecule has 6 nitrogen and oxygen atoms in total. The van der Waals surface area contributed by atoms with Crippen LogP contribution in [0.1, 0.15) is 24.0 Å². The molecule has 1 heterocycles. The number of aliphatic imine (C=N–C) groups is 1. The number of hydrogen-bond acceptors (Lipinski definition) is 4. The van der Waals surface area contributed by atoms with Crippen LogP contribution >= 0.6 is 11.6 Å². The fraction of sp³-hybridized carbons (Fsp3) is 0.435. The lowest BCUT2D eigenvalue weighted by Crippen LogP contribution is -2.48. The first-order valence-electron chi connectivity index (χ1n) is 10.4. The summed E-state index contributed by atoms with van der Waals surface area (Å²) in [5.41, 5.74) is 2.18. The normalized spacial score (nSPS) is 15.8. The SMILES string of the molecule is CN=C(NCCc1ccc(OC)cc1O)NC1CCN(Cc2ccc(Cl)cc2)CC1. The van der Waals surface area contributed by atoms with Crippen molar-refractivity contribution in [2.24, 2.45) is 4.99 Å². The molecule has 0 aliphatic carbocycles. The Morgan fingerprint density at radius 2 is 1.93 bits per heavy atom. The zero-order valence-corrected chi connectivity index (χ0v) is 18.5. The monoisotopic (exact) mass is 430 g/mol. The number of likely N-dealkylation sites (tertiary alicyclic amines) is 1. The summed E-state index contributed by atoms with van der Waals surface area (Å²) in [5, 5.41) is 17.7. The molecular formula is C23H31ClN4O2. The Labute approximate surface area is 183 Å². The minimum absolute atomic E-state index is 0.257. The molecule has 0 spiro atoms. The lowest BCUT2D eigenvalue weighted by atomic mass is 10.0. The Kier molecular flexibility index (Phi) is 8.22. The van der Waals surface area contributed by atoms with E-state index in [0.717, 1.165) is 49.0 Å². The second-order valence-corrected chi connectivity index (χ2v) is 8.00. The molecule has 162 valence electrons. The van der Waals surface area contributed by atoms with Gasteiger partial charge in [0.1, 0.15) is 11.5 Å². The molecular weight excluding hydrogens is 400 g/mol. The van der Waals surface area contributed by atoms with Crippen molar-refractivity contribution in [3.05, 3.63) is 58.6 Å². The highest BCUT2D eigenvalue weighted by Crippen LogP contribution is 2.23. The van der Waals surface area contributed by atoms with E-state index in [2.05, 4.69) is 32.7 Å². The summed E-state index contributed by atoms with van der Waals surface area (Å²) < 4.78 is 5.13. The van der Waals surface area contributed by atoms with Crippen molar-refractivity contribution < 1.29 is 9.84 Å². The summed E-state index contributed by atoms with van der Waals surface area (Å²) in [7, 11) is 3.38. The van der Waals surface area contributed by atoms with E-state index in [1.807, 2.05) is 24.3 Å². The van der Waals surface area contributed by atoms with Crippen LogP contribution in [0.5, 0.6) is 11.5 Å². The summed E-state index contributed by atoms with van der Waals surface area (Å²) in [6.07, 6.45) is 2.86. The maximum Gasteiger partial charge on any atom is 0.191 e. The van der Waals surface area contributed by atoms with Crippen molar-refractivity contribution in [1.82, 2.24) is 15.5 Å². The highest BCUT2D eigenvalue weighted by atomic mass is 35.5. The number of rotatable bonds is 7. The number of benzene rings is 2. The predicted octanol–water partition coefficient (Wildman–Crippen LogP) is 3.43. The summed E-state index contributed by atoms with van der Waals surface area (Å²) in [5.74, 6) is 1.72. The number of nitrogens with one attached hydrogen (secondary N) is 2. The molecule has 0 radical (unpaired) electrons. The van der Waals surface area contributed by atoms with Gasteiger partial charge in [-0.05, 0) is 48.6 Å². The van der Waals surface area contributed by atoms with Gasteiger partial charge in [0.25, 0.3) is 0 Å². The van der Waals surface area contributed by atoms with Gasteiger partial charge in [0.2, 0.25) is 0 Å². The van der Waals surface area contributed by atoms with Crippen LogP contribution in [0.2, 0.25) is 5.02 Å². The van der Waals surface area contributed by atoms with Gasteiger partial charge < -0.3 is 20.5 Å². The molecule has 0 saturated carbocycles. The average Bonchev–Trinajstić information content (AvgIpc) is 2.76. The molecule has 0 atom stereocenters. The molecule has 2 aromatic carbocycles. The van der Waals surface area contributed by atoms with Crippen LogP contribution < -0.4 is 15.4 Å². The maximum absolute atomic E-state index is 10.1. The number of halogens is 1. The van der Waals surface area contributed by atoms with Gasteiger partial charge in [-0.3, -0.25) is 9.89 Å². The van der Waals surface area contributed by atoms with Crippen molar-refractivity contribution in [1.29, 1.82) is 0 Å². The molecule has 1 aliphatic heterocycles. The number of methoxy groups -OCH3 is 1. The standard InChI is InChI=1S/C23H31ClN4O2/c1-25-23(26-12-9-18-5-8-21(30-2)15-22(18)29)27-20-10-13-28(14-11-20)16-17-3-6-19(24)7-4-17/h3-8,15,20,29H,9-14,16H2,1-2H3,(H2,25,26,27). The van der Waals surface area contributed by atoms with E-state index in [0.29, 0.717) is 24.8 Å². The quantitative estimate of drug-likeness (QED) is 0.464. The summed E-state index contributed by atoms with van der Waals surface area (Å²) in [4.78, 5) is 6.82. The molecule has 1 aliphatic rings. The van der Waals surface area contributed by atoms with Gasteiger partial charge in [-0.25, -0.2) is 0 Å². The number of ether oxygens (including phenoxy) is 1. The summed E-state index contributed by atoms with van der Waals surface area (Å²) in [6.45, 7) is 3.76. The number of phenolic OH excluding ortho intramolecular Hbond substituents is 1. The predicted molar refractivity (Wildman–Crippen MR) is 123 cm³/mol. The van der Waals surface area contributed by atoms with Gasteiger partial charge in [0, 0.05) is 50.4 Å². The van der Waals surface area contributed by atoms with Crippen molar-refractivity contribution in [2.45, 2.75) is 31.8 Å². The van der Waals surface area contributed by atoms with E-state index in [4.69, 9.17) is 16.3 Å². The Morgan fingerprint density at radius 1 is 1.20 bits per heavy atom. The van der Waals surface area contributed by atoms with E-state index >= 15 is 0 Å². The highest BCUT2D eigenvalue weighted by molar-refractivity contribution is 6.30. The van der Waals surface area contributed by atoms with Crippen LogP contribution in [0.3, 0.4) is 0 Å². The topological polar surface area (TPSA) is 69.1 Å². The van der Waals surface area contributed by atoms with Crippen LogP contribution in [0, 0.1) is 0 Å². The van der Waals surface area contributed by atoms with Gasteiger partial charge in [-0.1, -0.05) is 29.8 Å². The fourth-order valence-electron chi connectivity index (χ4n) is 3.67. The lowest BCUT2D eigenvalue weighted by molar-refractivity contribution is 0.198. The molecule has 3 N–H and O–H groups in total. The molecule has 0 aromatic heterocycles. The molecule has 1 fully saturated rings. The van der Waals surface area contributed by atoms with Gasteiger partial charge in [0.05, 0.1) is 7.11 Å². The average molecular weight is 431 g/mol.